The number of amides is 1. The molecule has 3 rings (SSSR count). The van der Waals surface area contributed by atoms with E-state index >= 15 is 0 Å². The Hall–Kier alpha value is -2.93. The molecule has 0 saturated carbocycles. The summed E-state index contributed by atoms with van der Waals surface area (Å²) in [6.45, 7) is 2.87. The van der Waals surface area contributed by atoms with Gasteiger partial charge in [0.15, 0.2) is 9.84 Å². The van der Waals surface area contributed by atoms with Gasteiger partial charge in [0, 0.05) is 24.7 Å². The Bertz CT molecular complexity index is 1030. The molecule has 7 heteroatoms. The Morgan fingerprint density at radius 2 is 1.75 bits per heavy atom. The van der Waals surface area contributed by atoms with Gasteiger partial charge in [-0.25, -0.2) is 8.42 Å². The molecule has 1 amide bonds. The van der Waals surface area contributed by atoms with Crippen LogP contribution in [-0.4, -0.2) is 29.9 Å². The summed E-state index contributed by atoms with van der Waals surface area (Å²) in [5.41, 5.74) is 3.00. The number of benzene rings is 2. The van der Waals surface area contributed by atoms with Crippen LogP contribution in [0.25, 0.3) is 0 Å². The average Bonchev–Trinajstić information content (AvgIpc) is 3.13. The molecule has 6 nitrogen and oxygen atoms in total. The van der Waals surface area contributed by atoms with Gasteiger partial charge in [0.25, 0.3) is 0 Å². The monoisotopic (exact) mass is 397 g/mol. The normalized spacial score (nSPS) is 11.3. The van der Waals surface area contributed by atoms with E-state index in [9.17, 15) is 13.2 Å². The molecule has 0 aliphatic rings. The summed E-state index contributed by atoms with van der Waals surface area (Å²) in [7, 11) is -3.46. The number of nitrogens with one attached hydrogen (secondary N) is 1. The molecule has 0 fully saturated rings. The van der Waals surface area contributed by atoms with Crippen LogP contribution in [-0.2, 0) is 27.7 Å². The molecule has 0 atom stereocenters. The number of rotatable bonds is 8. The van der Waals surface area contributed by atoms with E-state index < -0.39 is 9.84 Å². The Kier molecular flexibility index (Phi) is 6.26. The number of hydrogen-bond acceptors (Lipinski definition) is 4. The molecule has 3 aromatic rings. The van der Waals surface area contributed by atoms with Crippen molar-refractivity contribution < 1.29 is 13.2 Å². The van der Waals surface area contributed by atoms with Gasteiger partial charge in [-0.15, -0.1) is 0 Å². The summed E-state index contributed by atoms with van der Waals surface area (Å²) in [5.74, 6) is -0.513. The number of carbonyl (C=O) groups is 1. The van der Waals surface area contributed by atoms with E-state index in [0.717, 1.165) is 16.7 Å². The third-order valence-electron chi connectivity index (χ3n) is 4.34. The van der Waals surface area contributed by atoms with Crippen molar-refractivity contribution in [3.05, 3.63) is 83.7 Å². The predicted octanol–water partition coefficient (Wildman–Crippen LogP) is 2.72. The molecular formula is C21H23N3O3S. The lowest BCUT2D eigenvalue weighted by Crippen LogP contribution is -2.25. The molecule has 0 unspecified atom stereocenters. The zero-order valence-corrected chi connectivity index (χ0v) is 16.5. The van der Waals surface area contributed by atoms with Gasteiger partial charge in [-0.05, 0) is 24.6 Å². The minimum absolute atomic E-state index is 0.0750. The molecule has 0 saturated heterocycles. The maximum absolute atomic E-state index is 12.3. The van der Waals surface area contributed by atoms with E-state index in [1.54, 1.807) is 35.1 Å². The van der Waals surface area contributed by atoms with E-state index in [-0.39, 0.29) is 23.0 Å². The van der Waals surface area contributed by atoms with Crippen LogP contribution in [0.1, 0.15) is 23.1 Å². The first-order chi connectivity index (χ1) is 13.4. The number of nitrogens with zero attached hydrogens (tertiary/aromatic N) is 2. The molecule has 0 radical (unpaired) electrons. The maximum atomic E-state index is 12.3. The standard InChI is InChI=1S/C21H23N3O3S/c1-17-7-9-20(10-8-17)28(26,27)12-11-21(25)22-13-19-14-23-24(16-19)15-18-5-3-2-4-6-18/h2-10,14,16H,11-13,15H2,1H3,(H,22,25). The van der Waals surface area contributed by atoms with Crippen molar-refractivity contribution in [2.45, 2.75) is 31.3 Å². The van der Waals surface area contributed by atoms with Crippen LogP contribution in [0.5, 0.6) is 0 Å². The number of hydrogen-bond donors (Lipinski definition) is 1. The van der Waals surface area contributed by atoms with Crippen molar-refractivity contribution >= 4 is 15.7 Å². The van der Waals surface area contributed by atoms with Crippen LogP contribution >= 0.6 is 0 Å². The molecule has 0 bridgehead atoms. The lowest BCUT2D eigenvalue weighted by molar-refractivity contribution is -0.120. The second kappa shape index (κ2) is 8.84. The molecule has 28 heavy (non-hydrogen) atoms. The third kappa shape index (κ3) is 5.53. The highest BCUT2D eigenvalue weighted by Crippen LogP contribution is 2.13. The summed E-state index contributed by atoms with van der Waals surface area (Å²) in [5, 5.41) is 7.04. The summed E-state index contributed by atoms with van der Waals surface area (Å²) < 4.78 is 26.4. The molecule has 1 heterocycles. The van der Waals surface area contributed by atoms with Crippen LogP contribution < -0.4 is 5.32 Å². The highest BCUT2D eigenvalue weighted by Gasteiger charge is 2.16. The Labute approximate surface area is 165 Å². The second-order valence-corrected chi connectivity index (χ2v) is 8.80. The Morgan fingerprint density at radius 1 is 1.04 bits per heavy atom. The van der Waals surface area contributed by atoms with E-state index in [1.165, 1.54) is 0 Å². The zero-order valence-electron chi connectivity index (χ0n) is 15.7. The van der Waals surface area contributed by atoms with Crippen molar-refractivity contribution in [1.29, 1.82) is 0 Å². The van der Waals surface area contributed by atoms with E-state index in [4.69, 9.17) is 0 Å². The van der Waals surface area contributed by atoms with Crippen LogP contribution in [0.4, 0.5) is 0 Å². The lowest BCUT2D eigenvalue weighted by atomic mass is 10.2. The third-order valence-corrected chi connectivity index (χ3v) is 6.07. The van der Waals surface area contributed by atoms with Gasteiger partial charge in [-0.1, -0.05) is 48.0 Å². The van der Waals surface area contributed by atoms with Gasteiger partial charge in [0.1, 0.15) is 0 Å². The molecule has 1 N–H and O–H groups in total. The van der Waals surface area contributed by atoms with Gasteiger partial charge < -0.3 is 5.32 Å². The molecule has 0 aliphatic carbocycles. The molecule has 0 spiro atoms. The summed E-state index contributed by atoms with van der Waals surface area (Å²) in [4.78, 5) is 12.3. The van der Waals surface area contributed by atoms with Crippen LogP contribution in [0.15, 0.2) is 71.9 Å². The fraction of sp³-hybridized carbons (Fsp3) is 0.238. The highest BCUT2D eigenvalue weighted by molar-refractivity contribution is 7.91. The van der Waals surface area contributed by atoms with Gasteiger partial charge in [-0.3, -0.25) is 9.48 Å². The molecule has 146 valence electrons. The van der Waals surface area contributed by atoms with Crippen molar-refractivity contribution in [2.24, 2.45) is 0 Å². The van der Waals surface area contributed by atoms with Crippen molar-refractivity contribution in [2.75, 3.05) is 5.75 Å². The first kappa shape index (κ1) is 19.8. The van der Waals surface area contributed by atoms with Crippen LogP contribution in [0.3, 0.4) is 0 Å². The molecular weight excluding hydrogens is 374 g/mol. The fourth-order valence-corrected chi connectivity index (χ4v) is 3.97. The summed E-state index contributed by atoms with van der Waals surface area (Å²) in [6.07, 6.45) is 3.50. The van der Waals surface area contributed by atoms with E-state index in [1.807, 2.05) is 43.5 Å². The number of aryl methyl sites for hydroxylation is 1. The largest absolute Gasteiger partial charge is 0.352 e. The van der Waals surface area contributed by atoms with Crippen molar-refractivity contribution in [3.63, 3.8) is 0 Å². The van der Waals surface area contributed by atoms with E-state index in [2.05, 4.69) is 10.4 Å². The number of carbonyl (C=O) groups excluding carboxylic acids is 1. The van der Waals surface area contributed by atoms with Crippen LogP contribution in [0, 0.1) is 6.92 Å². The van der Waals surface area contributed by atoms with E-state index in [0.29, 0.717) is 13.1 Å². The minimum Gasteiger partial charge on any atom is -0.352 e. The molecule has 1 aromatic heterocycles. The first-order valence-corrected chi connectivity index (χ1v) is 10.7. The average molecular weight is 398 g/mol. The molecule has 2 aromatic carbocycles. The topological polar surface area (TPSA) is 81.1 Å². The lowest BCUT2D eigenvalue weighted by Gasteiger charge is -2.06. The SMILES string of the molecule is Cc1ccc(S(=O)(=O)CCC(=O)NCc2cnn(Cc3ccccc3)c2)cc1. The minimum atomic E-state index is -3.46. The van der Waals surface area contributed by atoms with Gasteiger partial charge in [0.2, 0.25) is 5.91 Å². The Balaban J connectivity index is 1.47. The summed E-state index contributed by atoms with van der Waals surface area (Å²) in [6, 6.07) is 16.6. The van der Waals surface area contributed by atoms with Gasteiger partial charge in [0.05, 0.1) is 23.4 Å². The number of aromatic nitrogens is 2. The van der Waals surface area contributed by atoms with Crippen molar-refractivity contribution in [1.82, 2.24) is 15.1 Å². The smallest absolute Gasteiger partial charge is 0.221 e. The highest BCUT2D eigenvalue weighted by atomic mass is 32.2. The van der Waals surface area contributed by atoms with Crippen molar-refractivity contribution in [3.8, 4) is 0 Å². The Morgan fingerprint density at radius 3 is 2.46 bits per heavy atom. The predicted molar refractivity (Wildman–Crippen MR) is 107 cm³/mol. The fourth-order valence-electron chi connectivity index (χ4n) is 2.73. The quantitative estimate of drug-likeness (QED) is 0.634. The number of sulfone groups is 1. The van der Waals surface area contributed by atoms with Crippen LogP contribution in [0.2, 0.25) is 0 Å². The van der Waals surface area contributed by atoms with Gasteiger partial charge >= 0.3 is 0 Å². The maximum Gasteiger partial charge on any atom is 0.221 e. The second-order valence-electron chi connectivity index (χ2n) is 6.69. The van der Waals surface area contributed by atoms with Gasteiger partial charge in [-0.2, -0.15) is 5.10 Å². The molecule has 0 aliphatic heterocycles. The first-order valence-electron chi connectivity index (χ1n) is 9.04. The summed E-state index contributed by atoms with van der Waals surface area (Å²) >= 11 is 0. The zero-order chi connectivity index (χ0) is 20.0.